The molecule has 21 heavy (non-hydrogen) atoms. The lowest BCUT2D eigenvalue weighted by atomic mass is 10.1. The van der Waals surface area contributed by atoms with Crippen molar-refractivity contribution in [2.75, 3.05) is 23.8 Å². The van der Waals surface area contributed by atoms with Crippen molar-refractivity contribution in [3.63, 3.8) is 0 Å². The van der Waals surface area contributed by atoms with Gasteiger partial charge in [-0.05, 0) is 12.3 Å². The third-order valence-corrected chi connectivity index (χ3v) is 6.29. The first-order valence-electron chi connectivity index (χ1n) is 7.64. The zero-order chi connectivity index (χ0) is 15.2. The summed E-state index contributed by atoms with van der Waals surface area (Å²) in [6.45, 7) is 8.04. The summed E-state index contributed by atoms with van der Waals surface area (Å²) in [5.41, 5.74) is 1.79. The predicted molar refractivity (Wildman–Crippen MR) is 92.3 cm³/mol. The van der Waals surface area contributed by atoms with E-state index < -0.39 is 0 Å². The predicted octanol–water partition coefficient (Wildman–Crippen LogP) is 2.68. The van der Waals surface area contributed by atoms with E-state index in [1.165, 1.54) is 11.5 Å². The molecule has 2 heterocycles. The van der Waals surface area contributed by atoms with Crippen LogP contribution < -0.4 is 5.32 Å². The molecule has 0 bridgehead atoms. The summed E-state index contributed by atoms with van der Waals surface area (Å²) in [5.74, 6) is 4.12. The van der Waals surface area contributed by atoms with E-state index in [0.717, 1.165) is 36.5 Å². The van der Waals surface area contributed by atoms with E-state index in [1.54, 1.807) is 6.20 Å². The van der Waals surface area contributed by atoms with E-state index in [2.05, 4.69) is 31.2 Å². The average Bonchev–Trinajstić information content (AvgIpc) is 2.87. The highest BCUT2D eigenvalue weighted by Gasteiger charge is 2.19. The van der Waals surface area contributed by atoms with Crippen LogP contribution in [0.5, 0.6) is 0 Å². The van der Waals surface area contributed by atoms with Gasteiger partial charge in [-0.1, -0.05) is 20.8 Å². The third kappa shape index (κ3) is 4.68. The Bertz CT molecular complexity index is 467. The van der Waals surface area contributed by atoms with Crippen LogP contribution in [0.15, 0.2) is 6.20 Å². The van der Waals surface area contributed by atoms with Crippen LogP contribution in [0.1, 0.15) is 36.8 Å². The Labute approximate surface area is 135 Å². The van der Waals surface area contributed by atoms with E-state index >= 15 is 0 Å². The number of carbonyl (C=O) groups is 1. The van der Waals surface area contributed by atoms with Gasteiger partial charge >= 0.3 is 0 Å². The second-order valence-electron chi connectivity index (χ2n) is 5.71. The van der Waals surface area contributed by atoms with Crippen molar-refractivity contribution in [3.8, 4) is 0 Å². The minimum absolute atomic E-state index is 0.0260. The molecule has 1 fully saturated rings. The molecule has 1 aromatic heterocycles. The van der Waals surface area contributed by atoms with Crippen molar-refractivity contribution in [2.45, 2.75) is 39.0 Å². The van der Waals surface area contributed by atoms with Gasteiger partial charge in [0.15, 0.2) is 0 Å². The first kappa shape index (κ1) is 16.7. The number of nitrogens with one attached hydrogen (secondary N) is 1. The number of aromatic nitrogens is 2. The molecule has 0 aliphatic carbocycles. The van der Waals surface area contributed by atoms with E-state index in [-0.39, 0.29) is 5.91 Å². The molecule has 1 amide bonds. The van der Waals surface area contributed by atoms with Gasteiger partial charge in [-0.25, -0.2) is 0 Å². The second-order valence-corrected chi connectivity index (χ2v) is 8.27. The third-order valence-electron chi connectivity index (χ3n) is 3.44. The number of rotatable bonds is 6. The van der Waals surface area contributed by atoms with Crippen molar-refractivity contribution in [1.82, 2.24) is 15.1 Å². The average molecular weight is 328 g/mol. The molecule has 1 aromatic rings. The zero-order valence-electron chi connectivity index (χ0n) is 13.1. The maximum Gasteiger partial charge on any atom is 0.254 e. The Kier molecular flexibility index (Phi) is 6.48. The fourth-order valence-electron chi connectivity index (χ4n) is 2.43. The van der Waals surface area contributed by atoms with Crippen LogP contribution in [-0.4, -0.2) is 44.7 Å². The van der Waals surface area contributed by atoms with E-state index in [4.69, 9.17) is 0 Å². The second kappa shape index (κ2) is 8.13. The summed E-state index contributed by atoms with van der Waals surface area (Å²) in [7, 11) is 0. The van der Waals surface area contributed by atoms with Gasteiger partial charge in [0, 0.05) is 35.6 Å². The minimum atomic E-state index is 0.0260. The molecule has 0 spiro atoms. The number of hydrogen-bond acceptors (Lipinski definition) is 4. The van der Waals surface area contributed by atoms with Crippen molar-refractivity contribution in [3.05, 3.63) is 17.5 Å². The van der Waals surface area contributed by atoms with Gasteiger partial charge in [-0.2, -0.15) is 28.6 Å². The molecular weight excluding hydrogens is 302 g/mol. The van der Waals surface area contributed by atoms with Crippen molar-refractivity contribution in [2.24, 2.45) is 5.92 Å². The molecule has 1 N–H and O–H groups in total. The quantitative estimate of drug-likeness (QED) is 0.872. The molecule has 1 atom stereocenters. The van der Waals surface area contributed by atoms with Crippen molar-refractivity contribution < 1.29 is 4.79 Å². The maximum absolute atomic E-state index is 12.4. The zero-order valence-corrected chi connectivity index (χ0v) is 14.7. The van der Waals surface area contributed by atoms with Gasteiger partial charge in [0.2, 0.25) is 0 Å². The molecule has 118 valence electrons. The van der Waals surface area contributed by atoms with Gasteiger partial charge in [-0.3, -0.25) is 9.48 Å². The molecule has 1 aliphatic rings. The molecule has 6 heteroatoms. The molecule has 0 radical (unpaired) electrons. The molecule has 2 rings (SSSR count). The lowest BCUT2D eigenvalue weighted by Gasteiger charge is -2.21. The van der Waals surface area contributed by atoms with Crippen molar-refractivity contribution in [1.29, 1.82) is 0 Å². The van der Waals surface area contributed by atoms with Crippen LogP contribution in [0.2, 0.25) is 0 Å². The minimum Gasteiger partial charge on any atom is -0.351 e. The van der Waals surface area contributed by atoms with Crippen LogP contribution >= 0.6 is 23.5 Å². The molecule has 1 aliphatic heterocycles. The standard InChI is InChI=1S/C15H25N3OS2/c1-4-14-13(8-17-18(14)9-11(2)3)15(19)16-7-12-10-20-5-6-21-12/h8,11-12H,4-7,9-10H2,1-3H3,(H,16,19)/t12-/m0/s1. The highest BCUT2D eigenvalue weighted by Crippen LogP contribution is 2.23. The van der Waals surface area contributed by atoms with E-state index in [1.807, 2.05) is 28.2 Å². The monoisotopic (exact) mass is 327 g/mol. The molecule has 0 unspecified atom stereocenters. The number of amides is 1. The fraction of sp³-hybridized carbons (Fsp3) is 0.733. The molecule has 0 aromatic carbocycles. The molecule has 0 saturated carbocycles. The van der Waals surface area contributed by atoms with E-state index in [9.17, 15) is 4.79 Å². The lowest BCUT2D eigenvalue weighted by molar-refractivity contribution is 0.0953. The number of thioether (sulfide) groups is 2. The van der Waals surface area contributed by atoms with Crippen LogP contribution in [-0.2, 0) is 13.0 Å². The first-order chi connectivity index (χ1) is 10.1. The number of carbonyl (C=O) groups excluding carboxylic acids is 1. The van der Waals surface area contributed by atoms with Gasteiger partial charge < -0.3 is 5.32 Å². The Morgan fingerprint density at radius 1 is 1.52 bits per heavy atom. The summed E-state index contributed by atoms with van der Waals surface area (Å²) in [6, 6.07) is 0. The van der Waals surface area contributed by atoms with Gasteiger partial charge in [0.1, 0.15) is 0 Å². The van der Waals surface area contributed by atoms with Gasteiger partial charge in [0.25, 0.3) is 5.91 Å². The highest BCUT2D eigenvalue weighted by atomic mass is 32.2. The Morgan fingerprint density at radius 2 is 2.33 bits per heavy atom. The number of nitrogens with zero attached hydrogens (tertiary/aromatic N) is 2. The number of hydrogen-bond donors (Lipinski definition) is 1. The van der Waals surface area contributed by atoms with Gasteiger partial charge in [0.05, 0.1) is 17.5 Å². The topological polar surface area (TPSA) is 46.9 Å². The van der Waals surface area contributed by atoms with Crippen molar-refractivity contribution >= 4 is 29.4 Å². The van der Waals surface area contributed by atoms with Crippen LogP contribution in [0.4, 0.5) is 0 Å². The molecule has 1 saturated heterocycles. The first-order valence-corrected chi connectivity index (χ1v) is 9.84. The normalized spacial score (nSPS) is 19.0. The smallest absolute Gasteiger partial charge is 0.254 e. The summed E-state index contributed by atoms with van der Waals surface area (Å²) in [5, 5.41) is 8.02. The fourth-order valence-corrected chi connectivity index (χ4v) is 5.04. The molecule has 4 nitrogen and oxygen atoms in total. The Balaban J connectivity index is 1.96. The Morgan fingerprint density at radius 3 is 2.95 bits per heavy atom. The van der Waals surface area contributed by atoms with Crippen LogP contribution in [0.25, 0.3) is 0 Å². The highest BCUT2D eigenvalue weighted by molar-refractivity contribution is 8.06. The summed E-state index contributed by atoms with van der Waals surface area (Å²) in [6.07, 6.45) is 2.56. The summed E-state index contributed by atoms with van der Waals surface area (Å²) < 4.78 is 1.98. The molecular formula is C15H25N3OS2. The largest absolute Gasteiger partial charge is 0.351 e. The van der Waals surface area contributed by atoms with E-state index in [0.29, 0.717) is 11.2 Å². The summed E-state index contributed by atoms with van der Waals surface area (Å²) >= 11 is 3.95. The van der Waals surface area contributed by atoms with Gasteiger partial charge in [-0.15, -0.1) is 0 Å². The SMILES string of the molecule is CCc1c(C(=O)NC[C@H]2CSCCS2)cnn1CC(C)C. The van der Waals surface area contributed by atoms with Crippen LogP contribution in [0, 0.1) is 5.92 Å². The Hall–Kier alpha value is -0.620. The maximum atomic E-state index is 12.4. The summed E-state index contributed by atoms with van der Waals surface area (Å²) in [4.78, 5) is 12.4. The lowest BCUT2D eigenvalue weighted by Crippen LogP contribution is -2.33. The van der Waals surface area contributed by atoms with Crippen LogP contribution in [0.3, 0.4) is 0 Å².